The van der Waals surface area contributed by atoms with Gasteiger partial charge in [-0.2, -0.15) is 0 Å². The maximum atomic E-state index is 5.89. The molecule has 1 heterocycles. The highest BCUT2D eigenvalue weighted by Crippen LogP contribution is 2.20. The van der Waals surface area contributed by atoms with Crippen LogP contribution >= 0.6 is 0 Å². The SMILES string of the molecule is CN=C(NCCCOC1CCCC1)NCC(C)(C)N1CCOCC1. The van der Waals surface area contributed by atoms with Gasteiger partial charge in [0.25, 0.3) is 0 Å². The summed E-state index contributed by atoms with van der Waals surface area (Å²) < 4.78 is 11.3. The average molecular weight is 341 g/mol. The Hall–Kier alpha value is -0.850. The summed E-state index contributed by atoms with van der Waals surface area (Å²) in [5, 5.41) is 6.84. The van der Waals surface area contributed by atoms with E-state index < -0.39 is 0 Å². The molecule has 1 saturated heterocycles. The van der Waals surface area contributed by atoms with Crippen molar-refractivity contribution in [3.8, 4) is 0 Å². The van der Waals surface area contributed by atoms with Crippen LogP contribution in [0.4, 0.5) is 0 Å². The second-order valence-electron chi connectivity index (χ2n) is 7.40. The molecular formula is C18H36N4O2. The van der Waals surface area contributed by atoms with Gasteiger partial charge in [-0.1, -0.05) is 12.8 Å². The molecule has 2 aliphatic rings. The highest BCUT2D eigenvalue weighted by Gasteiger charge is 2.28. The van der Waals surface area contributed by atoms with Crippen LogP contribution in [0.5, 0.6) is 0 Å². The lowest BCUT2D eigenvalue weighted by atomic mass is 10.0. The van der Waals surface area contributed by atoms with E-state index in [2.05, 4.69) is 34.4 Å². The largest absolute Gasteiger partial charge is 0.379 e. The summed E-state index contributed by atoms with van der Waals surface area (Å²) in [6.07, 6.45) is 6.68. The summed E-state index contributed by atoms with van der Waals surface area (Å²) in [6.45, 7) is 10.8. The molecule has 2 rings (SSSR count). The molecule has 0 atom stereocenters. The summed E-state index contributed by atoms with van der Waals surface area (Å²) in [7, 11) is 1.83. The van der Waals surface area contributed by atoms with Gasteiger partial charge in [-0.25, -0.2) is 0 Å². The van der Waals surface area contributed by atoms with Gasteiger partial charge >= 0.3 is 0 Å². The van der Waals surface area contributed by atoms with E-state index in [-0.39, 0.29) is 5.54 Å². The Labute approximate surface area is 147 Å². The summed E-state index contributed by atoms with van der Waals surface area (Å²) in [6, 6.07) is 0. The van der Waals surface area contributed by atoms with Gasteiger partial charge in [0, 0.05) is 45.4 Å². The zero-order valence-electron chi connectivity index (χ0n) is 15.8. The first kappa shape index (κ1) is 19.5. The van der Waals surface area contributed by atoms with Crippen LogP contribution in [-0.2, 0) is 9.47 Å². The molecular weight excluding hydrogens is 304 g/mol. The van der Waals surface area contributed by atoms with Gasteiger partial charge in [0.1, 0.15) is 0 Å². The van der Waals surface area contributed by atoms with Crippen LogP contribution in [0.2, 0.25) is 0 Å². The van der Waals surface area contributed by atoms with Crippen LogP contribution in [0.15, 0.2) is 4.99 Å². The van der Waals surface area contributed by atoms with Crippen molar-refractivity contribution >= 4 is 5.96 Å². The molecule has 0 spiro atoms. The molecule has 0 aromatic carbocycles. The molecule has 0 aromatic heterocycles. The zero-order chi connectivity index (χ0) is 17.3. The minimum atomic E-state index is 0.0903. The molecule has 0 radical (unpaired) electrons. The first-order valence-electron chi connectivity index (χ1n) is 9.51. The summed E-state index contributed by atoms with van der Waals surface area (Å²) in [5.41, 5.74) is 0.0903. The van der Waals surface area contributed by atoms with Crippen LogP contribution in [0.25, 0.3) is 0 Å². The molecule has 1 aliphatic carbocycles. The van der Waals surface area contributed by atoms with Crippen LogP contribution in [0.1, 0.15) is 46.0 Å². The topological polar surface area (TPSA) is 58.1 Å². The van der Waals surface area contributed by atoms with Crippen molar-refractivity contribution in [2.75, 3.05) is 53.0 Å². The smallest absolute Gasteiger partial charge is 0.191 e. The third kappa shape index (κ3) is 6.57. The van der Waals surface area contributed by atoms with Crippen LogP contribution in [0.3, 0.4) is 0 Å². The van der Waals surface area contributed by atoms with E-state index in [1.165, 1.54) is 25.7 Å². The standard InChI is InChI=1S/C18H36N4O2/c1-18(2,22-10-13-23-14-11-22)15-21-17(19-3)20-9-6-12-24-16-7-4-5-8-16/h16H,4-15H2,1-3H3,(H2,19,20,21). The monoisotopic (exact) mass is 340 g/mol. The van der Waals surface area contributed by atoms with E-state index >= 15 is 0 Å². The van der Waals surface area contributed by atoms with Crippen LogP contribution in [0, 0.1) is 0 Å². The summed E-state index contributed by atoms with van der Waals surface area (Å²) in [5.74, 6) is 0.872. The predicted octanol–water partition coefficient (Wildman–Crippen LogP) is 1.61. The number of guanidine groups is 1. The first-order chi connectivity index (χ1) is 11.6. The normalized spacial score (nSPS) is 21.2. The predicted molar refractivity (Wildman–Crippen MR) is 98.7 cm³/mol. The minimum Gasteiger partial charge on any atom is -0.379 e. The number of nitrogens with one attached hydrogen (secondary N) is 2. The van der Waals surface area contributed by atoms with Gasteiger partial charge < -0.3 is 20.1 Å². The van der Waals surface area contributed by atoms with E-state index in [0.29, 0.717) is 6.10 Å². The van der Waals surface area contributed by atoms with Crippen molar-refractivity contribution in [2.24, 2.45) is 4.99 Å². The molecule has 6 nitrogen and oxygen atoms in total. The van der Waals surface area contributed by atoms with E-state index in [1.807, 2.05) is 7.05 Å². The van der Waals surface area contributed by atoms with Crippen molar-refractivity contribution in [3.63, 3.8) is 0 Å². The minimum absolute atomic E-state index is 0.0903. The van der Waals surface area contributed by atoms with Crippen molar-refractivity contribution < 1.29 is 9.47 Å². The summed E-state index contributed by atoms with van der Waals surface area (Å²) in [4.78, 5) is 6.80. The Morgan fingerprint density at radius 2 is 1.92 bits per heavy atom. The van der Waals surface area contributed by atoms with Gasteiger partial charge in [-0.3, -0.25) is 9.89 Å². The fourth-order valence-electron chi connectivity index (χ4n) is 3.39. The molecule has 1 aliphatic heterocycles. The highest BCUT2D eigenvalue weighted by molar-refractivity contribution is 5.79. The first-order valence-corrected chi connectivity index (χ1v) is 9.51. The molecule has 140 valence electrons. The molecule has 1 saturated carbocycles. The molecule has 2 fully saturated rings. The Kier molecular flexibility index (Phi) is 8.29. The average Bonchev–Trinajstić information content (AvgIpc) is 3.11. The summed E-state index contributed by atoms with van der Waals surface area (Å²) >= 11 is 0. The van der Waals surface area contributed by atoms with Crippen molar-refractivity contribution in [1.29, 1.82) is 0 Å². The molecule has 2 N–H and O–H groups in total. The second kappa shape index (κ2) is 10.2. The van der Waals surface area contributed by atoms with Gasteiger partial charge in [-0.15, -0.1) is 0 Å². The lowest BCUT2D eigenvalue weighted by molar-refractivity contribution is -0.00834. The fraction of sp³-hybridized carbons (Fsp3) is 0.944. The number of ether oxygens (including phenoxy) is 2. The van der Waals surface area contributed by atoms with Crippen molar-refractivity contribution in [1.82, 2.24) is 15.5 Å². The van der Waals surface area contributed by atoms with Crippen molar-refractivity contribution in [2.45, 2.75) is 57.6 Å². The van der Waals surface area contributed by atoms with Crippen LogP contribution in [-0.4, -0.2) is 75.5 Å². The molecule has 0 unspecified atom stereocenters. The number of aliphatic imine (C=N–C) groups is 1. The fourth-order valence-corrected chi connectivity index (χ4v) is 3.39. The number of hydrogen-bond acceptors (Lipinski definition) is 4. The van der Waals surface area contributed by atoms with Gasteiger partial charge in [0.15, 0.2) is 5.96 Å². The third-order valence-electron chi connectivity index (χ3n) is 5.05. The molecule has 0 bridgehead atoms. The number of rotatable bonds is 8. The molecule has 6 heteroatoms. The Bertz CT molecular complexity index is 375. The van der Waals surface area contributed by atoms with Crippen LogP contribution < -0.4 is 10.6 Å². The third-order valence-corrected chi connectivity index (χ3v) is 5.05. The molecule has 0 amide bonds. The Morgan fingerprint density at radius 1 is 1.21 bits per heavy atom. The Morgan fingerprint density at radius 3 is 2.58 bits per heavy atom. The second-order valence-corrected chi connectivity index (χ2v) is 7.40. The molecule has 0 aromatic rings. The Balaban J connectivity index is 1.59. The molecule has 24 heavy (non-hydrogen) atoms. The number of hydrogen-bond donors (Lipinski definition) is 2. The quantitative estimate of drug-likeness (QED) is 0.399. The maximum absolute atomic E-state index is 5.89. The van der Waals surface area contributed by atoms with Crippen molar-refractivity contribution in [3.05, 3.63) is 0 Å². The van der Waals surface area contributed by atoms with E-state index in [0.717, 1.165) is 58.4 Å². The zero-order valence-corrected chi connectivity index (χ0v) is 15.8. The van der Waals surface area contributed by atoms with E-state index in [1.54, 1.807) is 0 Å². The van der Waals surface area contributed by atoms with Gasteiger partial charge in [-0.05, 0) is 33.1 Å². The van der Waals surface area contributed by atoms with E-state index in [9.17, 15) is 0 Å². The number of nitrogens with zero attached hydrogens (tertiary/aromatic N) is 2. The highest BCUT2D eigenvalue weighted by atomic mass is 16.5. The lowest BCUT2D eigenvalue weighted by Crippen LogP contribution is -2.56. The lowest BCUT2D eigenvalue weighted by Gasteiger charge is -2.41. The van der Waals surface area contributed by atoms with Gasteiger partial charge in [0.2, 0.25) is 0 Å². The van der Waals surface area contributed by atoms with E-state index in [4.69, 9.17) is 9.47 Å². The number of morpholine rings is 1. The maximum Gasteiger partial charge on any atom is 0.191 e. The van der Waals surface area contributed by atoms with Gasteiger partial charge in [0.05, 0.1) is 19.3 Å².